The van der Waals surface area contributed by atoms with Gasteiger partial charge in [0.15, 0.2) is 0 Å². The number of H-pyrrole nitrogens is 1. The fourth-order valence-electron chi connectivity index (χ4n) is 6.22. The Morgan fingerprint density at radius 3 is 2.74 bits per heavy atom. The summed E-state index contributed by atoms with van der Waals surface area (Å²) in [7, 11) is 0. The quantitative estimate of drug-likeness (QED) is 0.449. The molecule has 6 rings (SSSR count). The molecule has 0 bridgehead atoms. The molecule has 1 saturated heterocycles. The van der Waals surface area contributed by atoms with Gasteiger partial charge in [0.05, 0.1) is 12.1 Å². The Balaban J connectivity index is 1.32. The molecule has 1 fully saturated rings. The molecule has 5 atom stereocenters. The van der Waals surface area contributed by atoms with Crippen LogP contribution in [0.25, 0.3) is 10.9 Å². The summed E-state index contributed by atoms with van der Waals surface area (Å²) in [6, 6.07) is 13.8. The van der Waals surface area contributed by atoms with Crippen LogP contribution in [0.2, 0.25) is 0 Å². The Morgan fingerprint density at radius 2 is 1.95 bits per heavy atom. The summed E-state index contributed by atoms with van der Waals surface area (Å²) in [5, 5.41) is 7.10. The lowest BCUT2D eigenvalue weighted by Gasteiger charge is -2.38. The van der Waals surface area contributed by atoms with E-state index in [-0.39, 0.29) is 35.8 Å². The maximum atomic E-state index is 14.0. The van der Waals surface area contributed by atoms with Gasteiger partial charge in [0, 0.05) is 41.7 Å². The van der Waals surface area contributed by atoms with E-state index in [0.717, 1.165) is 53.6 Å². The standard InChI is InChI=1S/C30H34N4O4/c1-3-17(2)25(29(36)31-16-18-9-8-14-38-18)33-28(35)24-15-22-19-10-6-7-13-23(19)32-26(22)27-20-11-4-5-12-21(20)30(37)34(24)27/h4-7,10-13,17-18,24-25,27,32H,3,8-9,14-16H2,1-2H3,(H,31,36)(H,33,35)/t17-,18+,24-,25-,27+/m0/s1. The number of aromatic nitrogens is 1. The summed E-state index contributed by atoms with van der Waals surface area (Å²) in [6.45, 7) is 5.13. The van der Waals surface area contributed by atoms with Gasteiger partial charge in [-0.1, -0.05) is 56.7 Å². The highest BCUT2D eigenvalue weighted by molar-refractivity contribution is 6.04. The lowest BCUT2D eigenvalue weighted by molar-refractivity contribution is -0.133. The first kappa shape index (κ1) is 24.7. The number of hydrogen-bond acceptors (Lipinski definition) is 4. The number of benzene rings is 2. The molecule has 3 aromatic rings. The van der Waals surface area contributed by atoms with E-state index in [2.05, 4.69) is 21.7 Å². The Kier molecular flexibility index (Phi) is 6.43. The highest BCUT2D eigenvalue weighted by Gasteiger charge is 2.49. The first-order chi connectivity index (χ1) is 18.5. The summed E-state index contributed by atoms with van der Waals surface area (Å²) in [5.74, 6) is -0.736. The van der Waals surface area contributed by atoms with E-state index in [1.165, 1.54) is 0 Å². The Labute approximate surface area is 222 Å². The van der Waals surface area contributed by atoms with Gasteiger partial charge in [0.2, 0.25) is 11.8 Å². The van der Waals surface area contributed by atoms with Gasteiger partial charge in [0.25, 0.3) is 5.91 Å². The SMILES string of the molecule is CC[C@H](C)[C@H](NC(=O)[C@@H]1Cc2c([nH]c3ccccc23)[C@H]2c3ccccc3C(=O)N21)C(=O)NC[C@H]1CCCO1. The molecular weight excluding hydrogens is 480 g/mol. The fourth-order valence-corrected chi connectivity index (χ4v) is 6.22. The van der Waals surface area contributed by atoms with Crippen molar-refractivity contribution in [3.05, 3.63) is 70.9 Å². The Bertz CT molecular complexity index is 1390. The summed E-state index contributed by atoms with van der Waals surface area (Å²) < 4.78 is 5.65. The van der Waals surface area contributed by atoms with Crippen LogP contribution in [0.1, 0.15) is 66.3 Å². The third-order valence-corrected chi connectivity index (χ3v) is 8.48. The number of fused-ring (bicyclic) bond motifs is 7. The van der Waals surface area contributed by atoms with Crippen LogP contribution in [0.3, 0.4) is 0 Å². The summed E-state index contributed by atoms with van der Waals surface area (Å²) in [6.07, 6.45) is 3.05. The van der Waals surface area contributed by atoms with Crippen LogP contribution in [0, 0.1) is 5.92 Å². The molecule has 4 heterocycles. The first-order valence-electron chi connectivity index (χ1n) is 13.7. The number of amides is 3. The number of carbonyl (C=O) groups excluding carboxylic acids is 3. The number of para-hydroxylation sites is 1. The van der Waals surface area contributed by atoms with E-state index in [9.17, 15) is 14.4 Å². The van der Waals surface area contributed by atoms with Crippen LogP contribution in [-0.2, 0) is 20.7 Å². The van der Waals surface area contributed by atoms with Gasteiger partial charge in [0.1, 0.15) is 12.1 Å². The number of ether oxygens (including phenoxy) is 1. The molecule has 3 N–H and O–H groups in total. The van der Waals surface area contributed by atoms with Crippen molar-refractivity contribution in [2.24, 2.45) is 5.92 Å². The second-order valence-electron chi connectivity index (χ2n) is 10.7. The van der Waals surface area contributed by atoms with Crippen molar-refractivity contribution in [2.75, 3.05) is 13.2 Å². The van der Waals surface area contributed by atoms with Crippen LogP contribution in [0.4, 0.5) is 0 Å². The van der Waals surface area contributed by atoms with Gasteiger partial charge in [-0.05, 0) is 42.0 Å². The zero-order chi connectivity index (χ0) is 26.4. The molecule has 3 amide bonds. The van der Waals surface area contributed by atoms with Crippen LogP contribution in [-0.4, -0.2) is 58.9 Å². The van der Waals surface area contributed by atoms with Gasteiger partial charge in [-0.3, -0.25) is 14.4 Å². The molecule has 0 aliphatic carbocycles. The fraction of sp³-hybridized carbons (Fsp3) is 0.433. The second kappa shape index (κ2) is 9.91. The number of hydrogen-bond donors (Lipinski definition) is 3. The lowest BCUT2D eigenvalue weighted by Crippen LogP contribution is -2.58. The minimum absolute atomic E-state index is 0.0207. The average molecular weight is 515 g/mol. The number of nitrogens with zero attached hydrogens (tertiary/aromatic N) is 1. The van der Waals surface area contributed by atoms with Crippen molar-refractivity contribution >= 4 is 28.6 Å². The summed E-state index contributed by atoms with van der Waals surface area (Å²) in [4.78, 5) is 46.1. The highest BCUT2D eigenvalue weighted by atomic mass is 16.5. The molecule has 0 spiro atoms. The summed E-state index contributed by atoms with van der Waals surface area (Å²) in [5.41, 5.74) is 4.52. The van der Waals surface area contributed by atoms with Gasteiger partial charge in [-0.2, -0.15) is 0 Å². The maximum Gasteiger partial charge on any atom is 0.255 e. The molecule has 2 aromatic carbocycles. The third-order valence-electron chi connectivity index (χ3n) is 8.48. The monoisotopic (exact) mass is 514 g/mol. The van der Waals surface area contributed by atoms with E-state index in [1.54, 1.807) is 4.90 Å². The van der Waals surface area contributed by atoms with E-state index < -0.39 is 12.1 Å². The molecule has 198 valence electrons. The molecular formula is C30H34N4O4. The zero-order valence-electron chi connectivity index (χ0n) is 21.8. The molecule has 0 saturated carbocycles. The minimum Gasteiger partial charge on any atom is -0.376 e. The van der Waals surface area contributed by atoms with E-state index in [0.29, 0.717) is 18.5 Å². The number of carbonyl (C=O) groups is 3. The van der Waals surface area contributed by atoms with Crippen molar-refractivity contribution < 1.29 is 19.1 Å². The van der Waals surface area contributed by atoms with Crippen LogP contribution in [0.5, 0.6) is 0 Å². The van der Waals surface area contributed by atoms with Gasteiger partial charge < -0.3 is 25.3 Å². The number of aromatic amines is 1. The Hall–Kier alpha value is -3.65. The topological polar surface area (TPSA) is 104 Å². The molecule has 1 aromatic heterocycles. The van der Waals surface area contributed by atoms with Crippen molar-refractivity contribution in [3.63, 3.8) is 0 Å². The van der Waals surface area contributed by atoms with Crippen LogP contribution >= 0.6 is 0 Å². The van der Waals surface area contributed by atoms with E-state index >= 15 is 0 Å². The van der Waals surface area contributed by atoms with Crippen molar-refractivity contribution in [1.29, 1.82) is 0 Å². The molecule has 3 aliphatic rings. The lowest BCUT2D eigenvalue weighted by atomic mass is 9.89. The predicted octanol–water partition coefficient (Wildman–Crippen LogP) is 3.46. The first-order valence-corrected chi connectivity index (χ1v) is 13.7. The summed E-state index contributed by atoms with van der Waals surface area (Å²) >= 11 is 0. The highest BCUT2D eigenvalue weighted by Crippen LogP contribution is 2.46. The molecule has 0 radical (unpaired) electrons. The normalized spacial score (nSPS) is 23.5. The predicted molar refractivity (Wildman–Crippen MR) is 144 cm³/mol. The zero-order valence-corrected chi connectivity index (χ0v) is 21.8. The van der Waals surface area contributed by atoms with Gasteiger partial charge in [-0.15, -0.1) is 0 Å². The third kappa shape index (κ3) is 4.07. The Morgan fingerprint density at radius 1 is 1.16 bits per heavy atom. The van der Waals surface area contributed by atoms with Crippen LogP contribution in [0.15, 0.2) is 48.5 Å². The largest absolute Gasteiger partial charge is 0.376 e. The minimum atomic E-state index is -0.732. The molecule has 3 aliphatic heterocycles. The van der Waals surface area contributed by atoms with Gasteiger partial charge in [-0.25, -0.2) is 0 Å². The second-order valence-corrected chi connectivity index (χ2v) is 10.7. The maximum absolute atomic E-state index is 14.0. The van der Waals surface area contributed by atoms with Crippen molar-refractivity contribution in [1.82, 2.24) is 20.5 Å². The van der Waals surface area contributed by atoms with Crippen LogP contribution < -0.4 is 10.6 Å². The van der Waals surface area contributed by atoms with E-state index in [4.69, 9.17) is 4.74 Å². The molecule has 8 nitrogen and oxygen atoms in total. The molecule has 0 unspecified atom stereocenters. The average Bonchev–Trinajstić information content (AvgIpc) is 3.66. The van der Waals surface area contributed by atoms with Crippen molar-refractivity contribution in [3.8, 4) is 0 Å². The number of rotatable bonds is 7. The molecule has 38 heavy (non-hydrogen) atoms. The smallest absolute Gasteiger partial charge is 0.255 e. The molecule has 8 heteroatoms. The van der Waals surface area contributed by atoms with Crippen molar-refractivity contribution in [2.45, 2.75) is 63.8 Å². The number of nitrogens with one attached hydrogen (secondary N) is 3. The van der Waals surface area contributed by atoms with E-state index in [1.807, 2.05) is 56.3 Å². The van der Waals surface area contributed by atoms with Gasteiger partial charge >= 0.3 is 0 Å².